The van der Waals surface area contributed by atoms with Gasteiger partial charge in [-0.05, 0) is 32.2 Å². The molecule has 1 saturated heterocycles. The van der Waals surface area contributed by atoms with Crippen LogP contribution in [0.5, 0.6) is 0 Å². The van der Waals surface area contributed by atoms with Crippen LogP contribution < -0.4 is 5.73 Å². The average Bonchev–Trinajstić information content (AvgIpc) is 2.50. The summed E-state index contributed by atoms with van der Waals surface area (Å²) in [6.07, 6.45) is 7.38. The predicted molar refractivity (Wildman–Crippen MR) is 62.3 cm³/mol. The molecule has 2 atom stereocenters. The first-order chi connectivity index (χ1) is 7.27. The molecule has 1 fully saturated rings. The lowest BCUT2D eigenvalue weighted by atomic mass is 10.1. The normalized spacial score (nSPS) is 25.5. The van der Waals surface area contributed by atoms with Crippen LogP contribution in [0.15, 0.2) is 0 Å². The molecule has 2 unspecified atom stereocenters. The zero-order valence-electron chi connectivity index (χ0n) is 9.78. The van der Waals surface area contributed by atoms with Crippen molar-refractivity contribution in [1.29, 1.82) is 5.26 Å². The first-order valence-electron chi connectivity index (χ1n) is 6.17. The SMILES string of the molecule is CCC1CCCCCN1CCC(N)C#N. The Hall–Kier alpha value is -0.590. The summed E-state index contributed by atoms with van der Waals surface area (Å²) in [6, 6.07) is 2.54. The lowest BCUT2D eigenvalue weighted by Gasteiger charge is -2.29. The fraction of sp³-hybridized carbons (Fsp3) is 0.917. The molecule has 3 nitrogen and oxygen atoms in total. The van der Waals surface area contributed by atoms with Crippen molar-refractivity contribution >= 4 is 0 Å². The number of rotatable bonds is 4. The standard InChI is InChI=1S/C12H23N3/c1-2-12-6-4-3-5-8-15(12)9-7-11(14)10-13/h11-12H,2-9,14H2,1H3. The Bertz CT molecular complexity index is 209. The van der Waals surface area contributed by atoms with E-state index in [1.54, 1.807) is 0 Å². The molecule has 1 heterocycles. The van der Waals surface area contributed by atoms with E-state index >= 15 is 0 Å². The van der Waals surface area contributed by atoms with Crippen molar-refractivity contribution in [1.82, 2.24) is 4.90 Å². The van der Waals surface area contributed by atoms with Crippen molar-refractivity contribution in [2.75, 3.05) is 13.1 Å². The van der Waals surface area contributed by atoms with Gasteiger partial charge in [-0.25, -0.2) is 0 Å². The Balaban J connectivity index is 2.38. The highest BCUT2D eigenvalue weighted by Gasteiger charge is 2.19. The molecule has 15 heavy (non-hydrogen) atoms. The highest BCUT2D eigenvalue weighted by molar-refractivity contribution is 4.87. The first kappa shape index (κ1) is 12.5. The maximum Gasteiger partial charge on any atom is 0.0940 e. The summed E-state index contributed by atoms with van der Waals surface area (Å²) >= 11 is 0. The predicted octanol–water partition coefficient (Wildman–Crippen LogP) is 1.88. The fourth-order valence-electron chi connectivity index (χ4n) is 2.36. The average molecular weight is 209 g/mol. The van der Waals surface area contributed by atoms with Crippen molar-refractivity contribution < 1.29 is 0 Å². The third-order valence-electron chi connectivity index (χ3n) is 3.36. The molecule has 0 aliphatic carbocycles. The molecule has 0 aromatic carbocycles. The Kier molecular flexibility index (Phi) is 5.67. The van der Waals surface area contributed by atoms with E-state index in [9.17, 15) is 0 Å². The van der Waals surface area contributed by atoms with Crippen molar-refractivity contribution in [2.24, 2.45) is 5.73 Å². The van der Waals surface area contributed by atoms with Crippen LogP contribution in [0, 0.1) is 11.3 Å². The minimum Gasteiger partial charge on any atom is -0.316 e. The minimum atomic E-state index is -0.286. The summed E-state index contributed by atoms with van der Waals surface area (Å²) in [6.45, 7) is 4.44. The van der Waals surface area contributed by atoms with Crippen molar-refractivity contribution in [3.05, 3.63) is 0 Å². The highest BCUT2D eigenvalue weighted by Crippen LogP contribution is 2.19. The summed E-state index contributed by atoms with van der Waals surface area (Å²) in [5, 5.41) is 8.65. The zero-order valence-corrected chi connectivity index (χ0v) is 9.78. The van der Waals surface area contributed by atoms with E-state index in [-0.39, 0.29) is 6.04 Å². The van der Waals surface area contributed by atoms with E-state index in [0.717, 1.165) is 19.0 Å². The van der Waals surface area contributed by atoms with Gasteiger partial charge in [0.25, 0.3) is 0 Å². The lowest BCUT2D eigenvalue weighted by molar-refractivity contribution is 0.191. The van der Waals surface area contributed by atoms with Crippen molar-refractivity contribution in [3.63, 3.8) is 0 Å². The van der Waals surface area contributed by atoms with Crippen LogP contribution in [0.25, 0.3) is 0 Å². The van der Waals surface area contributed by atoms with Gasteiger partial charge in [0.2, 0.25) is 0 Å². The Morgan fingerprint density at radius 3 is 2.93 bits per heavy atom. The molecule has 86 valence electrons. The monoisotopic (exact) mass is 209 g/mol. The number of likely N-dealkylation sites (tertiary alicyclic amines) is 1. The van der Waals surface area contributed by atoms with Crippen LogP contribution in [-0.2, 0) is 0 Å². The van der Waals surface area contributed by atoms with Crippen molar-refractivity contribution in [3.8, 4) is 6.07 Å². The van der Waals surface area contributed by atoms with Crippen LogP contribution in [0.1, 0.15) is 45.4 Å². The van der Waals surface area contributed by atoms with Crippen molar-refractivity contribution in [2.45, 2.75) is 57.5 Å². The van der Waals surface area contributed by atoms with Gasteiger partial charge in [0, 0.05) is 12.6 Å². The Morgan fingerprint density at radius 2 is 2.27 bits per heavy atom. The second kappa shape index (κ2) is 6.81. The van der Waals surface area contributed by atoms with Crippen LogP contribution in [-0.4, -0.2) is 30.1 Å². The smallest absolute Gasteiger partial charge is 0.0940 e. The highest BCUT2D eigenvalue weighted by atomic mass is 15.2. The van der Waals surface area contributed by atoms with E-state index < -0.39 is 0 Å². The van der Waals surface area contributed by atoms with E-state index in [4.69, 9.17) is 11.0 Å². The van der Waals surface area contributed by atoms with Crippen LogP contribution in [0.2, 0.25) is 0 Å². The number of hydrogen-bond donors (Lipinski definition) is 1. The van der Waals surface area contributed by atoms with Gasteiger partial charge in [0.05, 0.1) is 12.1 Å². The molecule has 0 radical (unpaired) electrons. The number of nitriles is 1. The van der Waals surface area contributed by atoms with Gasteiger partial charge in [-0.2, -0.15) is 5.26 Å². The minimum absolute atomic E-state index is 0.286. The fourth-order valence-corrected chi connectivity index (χ4v) is 2.36. The van der Waals surface area contributed by atoms with Gasteiger partial charge in [-0.1, -0.05) is 19.8 Å². The number of nitrogens with two attached hydrogens (primary N) is 1. The first-order valence-corrected chi connectivity index (χ1v) is 6.17. The van der Waals surface area contributed by atoms with Gasteiger partial charge < -0.3 is 10.6 Å². The molecule has 1 rings (SSSR count). The van der Waals surface area contributed by atoms with E-state index in [1.807, 2.05) is 0 Å². The second-order valence-electron chi connectivity index (χ2n) is 4.47. The molecule has 0 spiro atoms. The summed E-state index contributed by atoms with van der Waals surface area (Å²) < 4.78 is 0. The van der Waals surface area contributed by atoms with Gasteiger partial charge in [-0.15, -0.1) is 0 Å². The molecule has 0 bridgehead atoms. The lowest BCUT2D eigenvalue weighted by Crippen LogP contribution is -2.37. The molecule has 0 amide bonds. The molecular weight excluding hydrogens is 186 g/mol. The molecule has 0 aromatic heterocycles. The summed E-state index contributed by atoms with van der Waals surface area (Å²) in [5.41, 5.74) is 5.63. The second-order valence-corrected chi connectivity index (χ2v) is 4.47. The maximum absolute atomic E-state index is 8.65. The third-order valence-corrected chi connectivity index (χ3v) is 3.36. The molecule has 1 aliphatic rings. The summed E-state index contributed by atoms with van der Waals surface area (Å²) in [4.78, 5) is 2.53. The zero-order chi connectivity index (χ0) is 11.1. The van der Waals surface area contributed by atoms with Gasteiger partial charge in [-0.3, -0.25) is 0 Å². The number of nitrogens with zero attached hydrogens (tertiary/aromatic N) is 2. The maximum atomic E-state index is 8.65. The third kappa shape index (κ3) is 4.19. The Labute approximate surface area is 93.2 Å². The number of hydrogen-bond acceptors (Lipinski definition) is 3. The van der Waals surface area contributed by atoms with Crippen LogP contribution >= 0.6 is 0 Å². The van der Waals surface area contributed by atoms with E-state index in [0.29, 0.717) is 0 Å². The van der Waals surface area contributed by atoms with E-state index in [2.05, 4.69) is 17.9 Å². The van der Waals surface area contributed by atoms with Gasteiger partial charge >= 0.3 is 0 Å². The largest absolute Gasteiger partial charge is 0.316 e. The van der Waals surface area contributed by atoms with Crippen LogP contribution in [0.4, 0.5) is 0 Å². The molecular formula is C12H23N3. The Morgan fingerprint density at radius 1 is 1.47 bits per heavy atom. The molecule has 0 aromatic rings. The molecule has 0 saturated carbocycles. The summed E-state index contributed by atoms with van der Waals surface area (Å²) in [7, 11) is 0. The van der Waals surface area contributed by atoms with Crippen LogP contribution in [0.3, 0.4) is 0 Å². The van der Waals surface area contributed by atoms with Gasteiger partial charge in [0.15, 0.2) is 0 Å². The molecule has 1 aliphatic heterocycles. The quantitative estimate of drug-likeness (QED) is 0.769. The summed E-state index contributed by atoms with van der Waals surface area (Å²) in [5.74, 6) is 0. The molecule has 2 N–H and O–H groups in total. The molecule has 3 heteroatoms. The topological polar surface area (TPSA) is 53.0 Å². The van der Waals surface area contributed by atoms with Gasteiger partial charge in [0.1, 0.15) is 0 Å². The van der Waals surface area contributed by atoms with E-state index in [1.165, 1.54) is 38.6 Å².